The molecule has 0 fully saturated rings. The van der Waals surface area contributed by atoms with Crippen LogP contribution in [0.15, 0.2) is 48.6 Å². The Morgan fingerprint density at radius 1 is 0.294 bits per heavy atom. The van der Waals surface area contributed by atoms with Gasteiger partial charge in [0, 0.05) is 19.3 Å². The predicted molar refractivity (Wildman–Crippen MR) is 293 cm³/mol. The van der Waals surface area contributed by atoms with E-state index >= 15 is 0 Å². The number of hydrogen-bond donors (Lipinski definition) is 0. The van der Waals surface area contributed by atoms with Crippen molar-refractivity contribution >= 4 is 17.9 Å². The maximum Gasteiger partial charge on any atom is 0.306 e. The molecule has 1 unspecified atom stereocenters. The minimum absolute atomic E-state index is 0.0746. The van der Waals surface area contributed by atoms with Crippen LogP contribution in [0.5, 0.6) is 0 Å². The molecule has 0 aliphatic heterocycles. The summed E-state index contributed by atoms with van der Waals surface area (Å²) >= 11 is 0. The Bertz CT molecular complexity index is 1190. The molecule has 68 heavy (non-hydrogen) atoms. The molecule has 0 aromatic rings. The van der Waals surface area contributed by atoms with Gasteiger partial charge in [-0.05, 0) is 83.5 Å². The SMILES string of the molecule is CCCCCCC/C=C\C/C=C\C/C=C\CCCCCCCCCCCCC(=O)OCC(COC(=O)CCCCCCCCCCCCC)OC(=O)CCCCCCC/C=C\CCCCCCC. The van der Waals surface area contributed by atoms with E-state index in [4.69, 9.17) is 14.2 Å². The van der Waals surface area contributed by atoms with Gasteiger partial charge in [-0.25, -0.2) is 0 Å². The summed E-state index contributed by atoms with van der Waals surface area (Å²) in [6.45, 7) is 6.63. The van der Waals surface area contributed by atoms with Gasteiger partial charge in [-0.3, -0.25) is 14.4 Å². The van der Waals surface area contributed by atoms with Crippen LogP contribution in [0.1, 0.15) is 310 Å². The van der Waals surface area contributed by atoms with Gasteiger partial charge in [0.25, 0.3) is 0 Å². The Morgan fingerprint density at radius 2 is 0.529 bits per heavy atom. The molecule has 0 saturated heterocycles. The van der Waals surface area contributed by atoms with Crippen molar-refractivity contribution in [3.05, 3.63) is 48.6 Å². The summed E-state index contributed by atoms with van der Waals surface area (Å²) in [6, 6.07) is 0. The van der Waals surface area contributed by atoms with E-state index in [0.29, 0.717) is 19.3 Å². The lowest BCUT2D eigenvalue weighted by atomic mass is 10.1. The van der Waals surface area contributed by atoms with Gasteiger partial charge in [0.05, 0.1) is 0 Å². The number of carbonyl (C=O) groups excluding carboxylic acids is 3. The van der Waals surface area contributed by atoms with E-state index in [1.165, 1.54) is 193 Å². The number of rotatable bonds is 54. The van der Waals surface area contributed by atoms with E-state index in [9.17, 15) is 14.4 Å². The Morgan fingerprint density at radius 3 is 0.838 bits per heavy atom. The maximum absolute atomic E-state index is 12.8. The van der Waals surface area contributed by atoms with Crippen molar-refractivity contribution in [2.75, 3.05) is 13.2 Å². The minimum atomic E-state index is -0.776. The van der Waals surface area contributed by atoms with Crippen molar-refractivity contribution in [1.29, 1.82) is 0 Å². The molecule has 6 heteroatoms. The Kier molecular flexibility index (Phi) is 54.8. The maximum atomic E-state index is 12.8. The molecule has 0 amide bonds. The summed E-state index contributed by atoms with van der Waals surface area (Å²) < 4.78 is 16.8. The summed E-state index contributed by atoms with van der Waals surface area (Å²) in [4.78, 5) is 38.1. The lowest BCUT2D eigenvalue weighted by Gasteiger charge is -2.18. The first-order valence-electron chi connectivity index (χ1n) is 29.6. The molecule has 396 valence electrons. The van der Waals surface area contributed by atoms with Crippen LogP contribution in [0.2, 0.25) is 0 Å². The van der Waals surface area contributed by atoms with E-state index in [2.05, 4.69) is 69.4 Å². The molecule has 0 saturated carbocycles. The Hall–Kier alpha value is -2.63. The van der Waals surface area contributed by atoms with E-state index in [-0.39, 0.29) is 31.1 Å². The first-order chi connectivity index (χ1) is 33.5. The van der Waals surface area contributed by atoms with E-state index in [1.54, 1.807) is 0 Å². The smallest absolute Gasteiger partial charge is 0.306 e. The zero-order valence-corrected chi connectivity index (χ0v) is 45.4. The molecule has 0 aliphatic rings. The number of unbranched alkanes of at least 4 members (excludes halogenated alkanes) is 35. The third-order valence-electron chi connectivity index (χ3n) is 13.1. The standard InChI is InChI=1S/C62H112O6/c1-4-7-10-13-16-19-22-24-26-27-28-29-30-31-32-33-34-35-36-38-40-43-46-49-52-55-61(64)67-58-59(57-66-60(63)54-51-48-45-42-39-21-18-15-12-9-6-3)68-62(65)56-53-50-47-44-41-37-25-23-20-17-14-11-8-5-2/h22-25,27-28,30-31,59H,4-21,26,29,32-58H2,1-3H3/b24-22-,25-23-,28-27-,31-30-. The molecular weight excluding hydrogens is 841 g/mol. The molecule has 0 aromatic carbocycles. The molecule has 6 nitrogen and oxygen atoms in total. The summed E-state index contributed by atoms with van der Waals surface area (Å²) in [5.74, 6) is -0.875. The average molecular weight is 954 g/mol. The second-order valence-corrected chi connectivity index (χ2v) is 19.9. The molecule has 0 heterocycles. The Balaban J connectivity index is 4.24. The lowest BCUT2D eigenvalue weighted by molar-refractivity contribution is -0.167. The van der Waals surface area contributed by atoms with Crippen molar-refractivity contribution in [2.45, 2.75) is 316 Å². The second-order valence-electron chi connectivity index (χ2n) is 19.9. The van der Waals surface area contributed by atoms with Gasteiger partial charge in [0.2, 0.25) is 0 Å². The van der Waals surface area contributed by atoms with Crippen LogP contribution in [0, 0.1) is 0 Å². The molecule has 0 spiro atoms. The predicted octanol–water partition coefficient (Wildman–Crippen LogP) is 19.8. The molecule has 1 atom stereocenters. The number of hydrogen-bond acceptors (Lipinski definition) is 6. The third-order valence-corrected chi connectivity index (χ3v) is 13.1. The van der Waals surface area contributed by atoms with Crippen LogP contribution < -0.4 is 0 Å². The quantitative estimate of drug-likeness (QED) is 0.0262. The highest BCUT2D eigenvalue weighted by atomic mass is 16.6. The van der Waals surface area contributed by atoms with Crippen LogP contribution in [-0.2, 0) is 28.6 Å². The summed E-state index contributed by atoms with van der Waals surface area (Å²) in [5, 5.41) is 0. The first kappa shape index (κ1) is 65.4. The normalized spacial score (nSPS) is 12.3. The largest absolute Gasteiger partial charge is 0.462 e. The van der Waals surface area contributed by atoms with Crippen LogP contribution in [0.3, 0.4) is 0 Å². The van der Waals surface area contributed by atoms with Gasteiger partial charge in [-0.15, -0.1) is 0 Å². The highest BCUT2D eigenvalue weighted by Gasteiger charge is 2.19. The van der Waals surface area contributed by atoms with Crippen molar-refractivity contribution in [3.8, 4) is 0 Å². The highest BCUT2D eigenvalue weighted by molar-refractivity contribution is 5.71. The molecular formula is C62H112O6. The van der Waals surface area contributed by atoms with Gasteiger partial charge in [-0.1, -0.05) is 256 Å². The van der Waals surface area contributed by atoms with E-state index in [1.807, 2.05) is 0 Å². The first-order valence-corrected chi connectivity index (χ1v) is 29.6. The van der Waals surface area contributed by atoms with Crippen molar-refractivity contribution in [2.24, 2.45) is 0 Å². The fourth-order valence-electron chi connectivity index (χ4n) is 8.56. The molecule has 0 rings (SSSR count). The fourth-order valence-corrected chi connectivity index (χ4v) is 8.56. The van der Waals surface area contributed by atoms with E-state index in [0.717, 1.165) is 77.0 Å². The molecule has 0 bridgehead atoms. The summed E-state index contributed by atoms with van der Waals surface area (Å²) in [7, 11) is 0. The van der Waals surface area contributed by atoms with Crippen LogP contribution >= 0.6 is 0 Å². The monoisotopic (exact) mass is 953 g/mol. The second kappa shape index (κ2) is 57.0. The number of ether oxygens (including phenoxy) is 3. The minimum Gasteiger partial charge on any atom is -0.462 e. The van der Waals surface area contributed by atoms with Crippen molar-refractivity contribution < 1.29 is 28.6 Å². The van der Waals surface area contributed by atoms with Crippen molar-refractivity contribution in [1.82, 2.24) is 0 Å². The number of carbonyl (C=O) groups is 3. The average Bonchev–Trinajstić information content (AvgIpc) is 3.34. The molecule has 0 aromatic heterocycles. The molecule has 0 radical (unpaired) electrons. The summed E-state index contributed by atoms with van der Waals surface area (Å²) in [5.41, 5.74) is 0. The zero-order valence-electron chi connectivity index (χ0n) is 45.4. The number of allylic oxidation sites excluding steroid dienone is 8. The van der Waals surface area contributed by atoms with Gasteiger partial charge >= 0.3 is 17.9 Å². The van der Waals surface area contributed by atoms with Gasteiger partial charge < -0.3 is 14.2 Å². The lowest BCUT2D eigenvalue weighted by Crippen LogP contribution is -2.30. The Labute approximate surface area is 422 Å². The molecule has 0 aliphatic carbocycles. The summed E-state index contributed by atoms with van der Waals surface area (Å²) in [6.07, 6.45) is 69.6. The van der Waals surface area contributed by atoms with Crippen molar-refractivity contribution in [3.63, 3.8) is 0 Å². The van der Waals surface area contributed by atoms with Crippen LogP contribution in [-0.4, -0.2) is 37.2 Å². The zero-order chi connectivity index (χ0) is 49.3. The topological polar surface area (TPSA) is 78.9 Å². The molecule has 0 N–H and O–H groups in total. The number of esters is 3. The van der Waals surface area contributed by atoms with Gasteiger partial charge in [-0.2, -0.15) is 0 Å². The van der Waals surface area contributed by atoms with Crippen LogP contribution in [0.25, 0.3) is 0 Å². The fraction of sp³-hybridized carbons (Fsp3) is 0.823. The van der Waals surface area contributed by atoms with Gasteiger partial charge in [0.1, 0.15) is 13.2 Å². The highest BCUT2D eigenvalue weighted by Crippen LogP contribution is 2.16. The van der Waals surface area contributed by atoms with Gasteiger partial charge in [0.15, 0.2) is 6.10 Å². The third kappa shape index (κ3) is 54.3. The van der Waals surface area contributed by atoms with Crippen LogP contribution in [0.4, 0.5) is 0 Å². The van der Waals surface area contributed by atoms with E-state index < -0.39 is 6.10 Å².